The maximum atomic E-state index is 5.39. The molecule has 0 saturated carbocycles. The van der Waals surface area contributed by atoms with Crippen molar-refractivity contribution in [3.8, 4) is 0 Å². The van der Waals surface area contributed by atoms with Crippen molar-refractivity contribution in [2.24, 2.45) is 5.92 Å². The van der Waals surface area contributed by atoms with E-state index in [-0.39, 0.29) is 0 Å². The molecule has 0 spiro atoms. The van der Waals surface area contributed by atoms with Gasteiger partial charge in [0.25, 0.3) is 0 Å². The van der Waals surface area contributed by atoms with E-state index in [4.69, 9.17) is 10.3 Å². The van der Waals surface area contributed by atoms with E-state index >= 15 is 0 Å². The molecule has 0 bridgehead atoms. The third-order valence-corrected chi connectivity index (χ3v) is 2.01. The zero-order chi connectivity index (χ0) is 8.43. The first-order chi connectivity index (χ1) is 5.11. The van der Waals surface area contributed by atoms with Crippen LogP contribution in [0.3, 0.4) is 0 Å². The largest absolute Gasteiger partial charge is 0.368 e. The molecule has 1 heterocycles. The standard InChI is InChI=1S/C8H14N2O/c1-5(2)6(3)7-4-8(9)11-10-7/h4-6H,9H2,1-3H3. The summed E-state index contributed by atoms with van der Waals surface area (Å²) in [5.74, 6) is 1.38. The van der Waals surface area contributed by atoms with Crippen molar-refractivity contribution in [3.05, 3.63) is 11.8 Å². The molecule has 1 rings (SSSR count). The van der Waals surface area contributed by atoms with E-state index in [0.717, 1.165) is 5.69 Å². The van der Waals surface area contributed by atoms with Gasteiger partial charge in [-0.25, -0.2) is 0 Å². The van der Waals surface area contributed by atoms with E-state index in [0.29, 0.717) is 17.7 Å². The van der Waals surface area contributed by atoms with Crippen molar-refractivity contribution in [1.29, 1.82) is 0 Å². The number of aromatic nitrogens is 1. The van der Waals surface area contributed by atoms with Crippen LogP contribution in [0, 0.1) is 5.92 Å². The fraction of sp³-hybridized carbons (Fsp3) is 0.625. The van der Waals surface area contributed by atoms with E-state index in [2.05, 4.69) is 25.9 Å². The molecule has 3 heteroatoms. The Morgan fingerprint density at radius 1 is 1.45 bits per heavy atom. The van der Waals surface area contributed by atoms with E-state index in [1.807, 2.05) is 0 Å². The maximum Gasteiger partial charge on any atom is 0.222 e. The van der Waals surface area contributed by atoms with Gasteiger partial charge in [0.05, 0.1) is 5.69 Å². The van der Waals surface area contributed by atoms with E-state index in [1.54, 1.807) is 6.07 Å². The number of hydrogen-bond acceptors (Lipinski definition) is 3. The molecule has 0 aliphatic rings. The minimum absolute atomic E-state index is 0.396. The van der Waals surface area contributed by atoms with Gasteiger partial charge in [0.1, 0.15) is 0 Å². The molecule has 1 atom stereocenters. The normalized spacial score (nSPS) is 13.8. The summed E-state index contributed by atoms with van der Waals surface area (Å²) in [6.45, 7) is 6.41. The first-order valence-corrected chi connectivity index (χ1v) is 3.83. The topological polar surface area (TPSA) is 52.0 Å². The van der Waals surface area contributed by atoms with Crippen LogP contribution in [-0.4, -0.2) is 5.16 Å². The average Bonchev–Trinajstić information content (AvgIpc) is 2.34. The molecule has 0 aliphatic heterocycles. The fourth-order valence-electron chi connectivity index (χ4n) is 0.860. The van der Waals surface area contributed by atoms with Crippen LogP contribution in [0.2, 0.25) is 0 Å². The van der Waals surface area contributed by atoms with Gasteiger partial charge in [0.2, 0.25) is 5.88 Å². The van der Waals surface area contributed by atoms with Crippen LogP contribution in [0.1, 0.15) is 32.4 Å². The fourth-order valence-corrected chi connectivity index (χ4v) is 0.860. The number of nitrogens with zero attached hydrogens (tertiary/aromatic N) is 1. The molecular formula is C8H14N2O. The zero-order valence-corrected chi connectivity index (χ0v) is 7.16. The lowest BCUT2D eigenvalue weighted by Crippen LogP contribution is -2.01. The summed E-state index contributed by atoms with van der Waals surface area (Å²) in [6, 6.07) is 1.78. The Morgan fingerprint density at radius 3 is 2.45 bits per heavy atom. The molecule has 1 aromatic heterocycles. The minimum atomic E-state index is 0.396. The molecule has 1 unspecified atom stereocenters. The quantitative estimate of drug-likeness (QED) is 0.709. The van der Waals surface area contributed by atoms with Gasteiger partial charge < -0.3 is 10.3 Å². The maximum absolute atomic E-state index is 5.39. The summed E-state index contributed by atoms with van der Waals surface area (Å²) in [5, 5.41) is 3.84. The Morgan fingerprint density at radius 2 is 2.09 bits per heavy atom. The molecule has 1 aromatic rings. The molecule has 2 N–H and O–H groups in total. The molecule has 3 nitrogen and oxygen atoms in total. The van der Waals surface area contributed by atoms with Gasteiger partial charge in [-0.05, 0) is 5.92 Å². The molecule has 0 saturated heterocycles. The van der Waals surface area contributed by atoms with Gasteiger partial charge in [-0.1, -0.05) is 25.9 Å². The first kappa shape index (κ1) is 8.11. The van der Waals surface area contributed by atoms with Gasteiger partial charge in [-0.2, -0.15) is 0 Å². The third kappa shape index (κ3) is 1.73. The van der Waals surface area contributed by atoms with Crippen molar-refractivity contribution in [3.63, 3.8) is 0 Å². The van der Waals surface area contributed by atoms with Crippen molar-refractivity contribution >= 4 is 5.88 Å². The van der Waals surface area contributed by atoms with Gasteiger partial charge in [-0.15, -0.1) is 0 Å². The van der Waals surface area contributed by atoms with Crippen LogP contribution in [0.5, 0.6) is 0 Å². The second-order valence-corrected chi connectivity index (χ2v) is 3.19. The number of nitrogen functional groups attached to an aromatic ring is 1. The predicted octanol–water partition coefficient (Wildman–Crippen LogP) is 2.02. The summed E-state index contributed by atoms with van der Waals surface area (Å²) in [5.41, 5.74) is 6.33. The molecular weight excluding hydrogens is 140 g/mol. The zero-order valence-electron chi connectivity index (χ0n) is 7.16. The van der Waals surface area contributed by atoms with E-state index < -0.39 is 0 Å². The van der Waals surface area contributed by atoms with Crippen molar-refractivity contribution in [2.75, 3.05) is 5.73 Å². The van der Waals surface area contributed by atoms with E-state index in [1.165, 1.54) is 0 Å². The van der Waals surface area contributed by atoms with E-state index in [9.17, 15) is 0 Å². The highest BCUT2D eigenvalue weighted by Crippen LogP contribution is 2.23. The van der Waals surface area contributed by atoms with Crippen LogP contribution >= 0.6 is 0 Å². The summed E-state index contributed by atoms with van der Waals surface area (Å²) >= 11 is 0. The first-order valence-electron chi connectivity index (χ1n) is 3.83. The smallest absolute Gasteiger partial charge is 0.222 e. The Balaban J connectivity index is 2.76. The van der Waals surface area contributed by atoms with Crippen LogP contribution < -0.4 is 5.73 Å². The molecule has 0 aliphatic carbocycles. The van der Waals surface area contributed by atoms with Crippen LogP contribution in [0.25, 0.3) is 0 Å². The van der Waals surface area contributed by atoms with Gasteiger partial charge >= 0.3 is 0 Å². The van der Waals surface area contributed by atoms with Crippen molar-refractivity contribution in [1.82, 2.24) is 5.16 Å². The molecule has 62 valence electrons. The highest BCUT2D eigenvalue weighted by Gasteiger charge is 2.13. The number of nitrogens with two attached hydrogens (primary N) is 1. The monoisotopic (exact) mass is 154 g/mol. The lowest BCUT2D eigenvalue weighted by atomic mass is 9.95. The molecule has 0 fully saturated rings. The second-order valence-electron chi connectivity index (χ2n) is 3.19. The lowest BCUT2D eigenvalue weighted by Gasteiger charge is -2.10. The summed E-state index contributed by atoms with van der Waals surface area (Å²) in [4.78, 5) is 0. The molecule has 0 amide bonds. The second kappa shape index (κ2) is 2.95. The molecule has 0 aromatic carbocycles. The SMILES string of the molecule is CC(C)C(C)c1cc(N)on1. The molecule has 0 radical (unpaired) electrons. The van der Waals surface area contributed by atoms with Crippen LogP contribution in [0.15, 0.2) is 10.6 Å². The summed E-state index contributed by atoms with van der Waals surface area (Å²) in [7, 11) is 0. The van der Waals surface area contributed by atoms with Crippen LogP contribution in [0.4, 0.5) is 5.88 Å². The average molecular weight is 154 g/mol. The number of rotatable bonds is 2. The third-order valence-electron chi connectivity index (χ3n) is 2.01. The van der Waals surface area contributed by atoms with Crippen molar-refractivity contribution in [2.45, 2.75) is 26.7 Å². The summed E-state index contributed by atoms with van der Waals surface area (Å²) in [6.07, 6.45) is 0. The minimum Gasteiger partial charge on any atom is -0.368 e. The highest BCUT2D eigenvalue weighted by molar-refractivity contribution is 5.26. The molecule has 11 heavy (non-hydrogen) atoms. The Kier molecular flexibility index (Phi) is 2.17. The predicted molar refractivity (Wildman–Crippen MR) is 44.2 cm³/mol. The van der Waals surface area contributed by atoms with Crippen molar-refractivity contribution < 1.29 is 4.52 Å². The Bertz CT molecular complexity index is 230. The van der Waals surface area contributed by atoms with Crippen LogP contribution in [-0.2, 0) is 0 Å². The summed E-state index contributed by atoms with van der Waals surface area (Å²) < 4.78 is 4.76. The lowest BCUT2D eigenvalue weighted by molar-refractivity contribution is 0.407. The highest BCUT2D eigenvalue weighted by atomic mass is 16.5. The van der Waals surface area contributed by atoms with Gasteiger partial charge in [-0.3, -0.25) is 0 Å². The number of hydrogen-bond donors (Lipinski definition) is 1. The van der Waals surface area contributed by atoms with Gasteiger partial charge in [0.15, 0.2) is 0 Å². The Labute approximate surface area is 66.6 Å². The Hall–Kier alpha value is -0.990. The van der Waals surface area contributed by atoms with Gasteiger partial charge in [0, 0.05) is 12.0 Å². The number of anilines is 1.